The highest BCUT2D eigenvalue weighted by molar-refractivity contribution is 6.07. The first-order valence-corrected chi connectivity index (χ1v) is 8.06. The molecule has 1 saturated carbocycles. The molecule has 0 aliphatic heterocycles. The van der Waals surface area contributed by atoms with Gasteiger partial charge in [0.15, 0.2) is 0 Å². The van der Waals surface area contributed by atoms with E-state index >= 15 is 0 Å². The molecule has 2 rings (SSSR count). The van der Waals surface area contributed by atoms with E-state index in [0.717, 1.165) is 0 Å². The van der Waals surface area contributed by atoms with E-state index in [-0.39, 0.29) is 17.5 Å². The fourth-order valence-corrected chi connectivity index (χ4v) is 3.18. The maximum absolute atomic E-state index is 12.5. The molecule has 0 radical (unpaired) electrons. The molecule has 5 heteroatoms. The molecule has 1 atom stereocenters. The Morgan fingerprint density at radius 2 is 1.87 bits per heavy atom. The number of nitrogens with zero attached hydrogens (tertiary/aromatic N) is 1. The molecule has 1 aliphatic rings. The van der Waals surface area contributed by atoms with Gasteiger partial charge in [0, 0.05) is 25.2 Å². The quantitative estimate of drug-likeness (QED) is 0.754. The fraction of sp³-hybridized carbons (Fsp3) is 0.556. The van der Waals surface area contributed by atoms with Gasteiger partial charge in [0.05, 0.1) is 0 Å². The molecule has 0 unspecified atom stereocenters. The molecular weight excluding hydrogens is 290 g/mol. The highest BCUT2D eigenvalue weighted by atomic mass is 16.2. The first-order valence-electron chi connectivity index (χ1n) is 8.06. The Morgan fingerprint density at radius 1 is 1.30 bits per heavy atom. The molecule has 0 heterocycles. The summed E-state index contributed by atoms with van der Waals surface area (Å²) in [4.78, 5) is 25.6. The average molecular weight is 317 g/mol. The second-order valence-electron chi connectivity index (χ2n) is 7.27. The van der Waals surface area contributed by atoms with Crippen molar-refractivity contribution >= 4 is 11.8 Å². The summed E-state index contributed by atoms with van der Waals surface area (Å²) in [7, 11) is 1.74. The highest BCUT2D eigenvalue weighted by Gasteiger charge is 2.56. The van der Waals surface area contributed by atoms with Gasteiger partial charge in [0.2, 0.25) is 11.8 Å². The summed E-state index contributed by atoms with van der Waals surface area (Å²) in [6, 6.07) is 10.3. The molecule has 1 aromatic rings. The summed E-state index contributed by atoms with van der Waals surface area (Å²) in [5.74, 6) is -0.662. The van der Waals surface area contributed by atoms with E-state index < -0.39 is 11.3 Å². The molecule has 0 saturated heterocycles. The van der Waals surface area contributed by atoms with Gasteiger partial charge in [0.1, 0.15) is 5.41 Å². The summed E-state index contributed by atoms with van der Waals surface area (Å²) in [5.41, 5.74) is 5.36. The normalized spacial score (nSPS) is 17.4. The largest absolute Gasteiger partial charge is 0.369 e. The predicted octanol–water partition coefficient (Wildman–Crippen LogP) is 1.84. The molecule has 1 fully saturated rings. The topological polar surface area (TPSA) is 75.4 Å². The van der Waals surface area contributed by atoms with E-state index in [0.29, 0.717) is 19.4 Å². The van der Waals surface area contributed by atoms with Crippen molar-refractivity contribution in [3.05, 3.63) is 35.9 Å². The van der Waals surface area contributed by atoms with E-state index in [1.54, 1.807) is 11.9 Å². The Hall–Kier alpha value is -1.88. The van der Waals surface area contributed by atoms with Gasteiger partial charge < -0.3 is 16.0 Å². The van der Waals surface area contributed by atoms with Crippen molar-refractivity contribution in [2.75, 3.05) is 13.6 Å². The van der Waals surface area contributed by atoms with E-state index in [1.165, 1.54) is 5.56 Å². The molecular formula is C18H27N3O2. The predicted molar refractivity (Wildman–Crippen MR) is 90.6 cm³/mol. The van der Waals surface area contributed by atoms with Gasteiger partial charge in [-0.3, -0.25) is 9.59 Å². The molecule has 1 aliphatic carbocycles. The third-order valence-electron chi connectivity index (χ3n) is 4.52. The minimum atomic E-state index is -0.949. The smallest absolute Gasteiger partial charge is 0.238 e. The van der Waals surface area contributed by atoms with Gasteiger partial charge in [0.25, 0.3) is 0 Å². The third kappa shape index (κ3) is 3.91. The lowest BCUT2D eigenvalue weighted by Crippen LogP contribution is -2.52. The van der Waals surface area contributed by atoms with E-state index in [2.05, 4.69) is 38.2 Å². The molecule has 23 heavy (non-hydrogen) atoms. The minimum Gasteiger partial charge on any atom is -0.369 e. The van der Waals surface area contributed by atoms with Crippen LogP contribution in [-0.4, -0.2) is 35.8 Å². The van der Waals surface area contributed by atoms with Crippen LogP contribution in [0.25, 0.3) is 0 Å². The van der Waals surface area contributed by atoms with E-state index in [1.807, 2.05) is 18.2 Å². The number of hydrogen-bond donors (Lipinski definition) is 2. The Kier molecular flexibility index (Phi) is 4.80. The van der Waals surface area contributed by atoms with Crippen LogP contribution in [0.1, 0.15) is 45.2 Å². The number of primary amides is 1. The van der Waals surface area contributed by atoms with Crippen molar-refractivity contribution in [2.45, 2.75) is 45.2 Å². The zero-order valence-corrected chi connectivity index (χ0v) is 14.4. The molecule has 0 aromatic heterocycles. The average Bonchev–Trinajstić information content (AvgIpc) is 3.28. The summed E-state index contributed by atoms with van der Waals surface area (Å²) in [5, 5.41) is 3.55. The van der Waals surface area contributed by atoms with Gasteiger partial charge in [-0.1, -0.05) is 30.3 Å². The van der Waals surface area contributed by atoms with E-state index in [9.17, 15) is 9.59 Å². The summed E-state index contributed by atoms with van der Waals surface area (Å²) in [6.07, 6.45) is 1.14. The van der Waals surface area contributed by atoms with Crippen molar-refractivity contribution in [3.8, 4) is 0 Å². The monoisotopic (exact) mass is 317 g/mol. The number of benzene rings is 1. The summed E-state index contributed by atoms with van der Waals surface area (Å²) < 4.78 is 0. The Morgan fingerprint density at radius 3 is 2.35 bits per heavy atom. The van der Waals surface area contributed by atoms with Crippen LogP contribution in [0.4, 0.5) is 0 Å². The lowest BCUT2D eigenvalue weighted by Gasteiger charge is -2.35. The van der Waals surface area contributed by atoms with Gasteiger partial charge in [-0.2, -0.15) is 0 Å². The zero-order chi connectivity index (χ0) is 17.3. The van der Waals surface area contributed by atoms with E-state index in [4.69, 9.17) is 5.73 Å². The third-order valence-corrected chi connectivity index (χ3v) is 4.52. The number of carbonyl (C=O) groups excluding carboxylic acids is 2. The summed E-state index contributed by atoms with van der Waals surface area (Å²) in [6.45, 7) is 6.73. The number of nitrogens with one attached hydrogen (secondary N) is 1. The van der Waals surface area contributed by atoms with Crippen LogP contribution in [0.2, 0.25) is 0 Å². The Labute approximate surface area is 138 Å². The van der Waals surface area contributed by atoms with Crippen LogP contribution in [0, 0.1) is 5.41 Å². The number of amides is 2. The number of nitrogens with two attached hydrogens (primary N) is 1. The van der Waals surface area contributed by atoms with Crippen molar-refractivity contribution < 1.29 is 9.59 Å². The standard InChI is InChI=1S/C18H27N3O2/c1-13(14-8-6-5-7-9-14)20-17(2,3)12-21(4)16(23)18(10-11-18)15(19)22/h5-9,13,20H,10-12H2,1-4H3,(H2,19,22)/t13-/m0/s1. The zero-order valence-electron chi connectivity index (χ0n) is 14.4. The Bertz CT molecular complexity index is 579. The molecule has 2 amide bonds. The van der Waals surface area contributed by atoms with Crippen molar-refractivity contribution in [1.29, 1.82) is 0 Å². The van der Waals surface area contributed by atoms with Crippen LogP contribution in [-0.2, 0) is 9.59 Å². The van der Waals surface area contributed by atoms with Crippen LogP contribution >= 0.6 is 0 Å². The molecule has 5 nitrogen and oxygen atoms in total. The number of likely N-dealkylation sites (N-methyl/N-ethyl adjacent to an activating group) is 1. The van der Waals surface area contributed by atoms with Gasteiger partial charge in [-0.05, 0) is 39.2 Å². The fourth-order valence-electron chi connectivity index (χ4n) is 3.18. The molecule has 126 valence electrons. The second-order valence-corrected chi connectivity index (χ2v) is 7.27. The van der Waals surface area contributed by atoms with Gasteiger partial charge >= 0.3 is 0 Å². The van der Waals surface area contributed by atoms with Crippen LogP contribution in [0.15, 0.2) is 30.3 Å². The first kappa shape index (κ1) is 17.5. The number of carbonyl (C=O) groups is 2. The molecule has 0 bridgehead atoms. The maximum Gasteiger partial charge on any atom is 0.238 e. The lowest BCUT2D eigenvalue weighted by atomic mass is 9.98. The van der Waals surface area contributed by atoms with Gasteiger partial charge in [-0.25, -0.2) is 0 Å². The second kappa shape index (κ2) is 6.32. The van der Waals surface area contributed by atoms with Crippen molar-refractivity contribution in [1.82, 2.24) is 10.2 Å². The number of hydrogen-bond acceptors (Lipinski definition) is 3. The first-order chi connectivity index (χ1) is 10.7. The maximum atomic E-state index is 12.5. The van der Waals surface area contributed by atoms with Crippen LogP contribution < -0.4 is 11.1 Å². The number of rotatable bonds is 7. The highest BCUT2D eigenvalue weighted by Crippen LogP contribution is 2.46. The Balaban J connectivity index is 1.98. The van der Waals surface area contributed by atoms with Crippen LogP contribution in [0.3, 0.4) is 0 Å². The molecule has 0 spiro atoms. The van der Waals surface area contributed by atoms with Crippen molar-refractivity contribution in [3.63, 3.8) is 0 Å². The van der Waals surface area contributed by atoms with Crippen molar-refractivity contribution in [2.24, 2.45) is 11.1 Å². The minimum absolute atomic E-state index is 0.160. The molecule has 1 aromatic carbocycles. The SMILES string of the molecule is C[C@H](NC(C)(C)CN(C)C(=O)C1(C(N)=O)CC1)c1ccccc1. The lowest BCUT2D eigenvalue weighted by molar-refractivity contribution is -0.142. The molecule has 3 N–H and O–H groups in total. The summed E-state index contributed by atoms with van der Waals surface area (Å²) >= 11 is 0. The van der Waals surface area contributed by atoms with Crippen LogP contribution in [0.5, 0.6) is 0 Å². The van der Waals surface area contributed by atoms with Gasteiger partial charge in [-0.15, -0.1) is 0 Å².